The minimum atomic E-state index is -4.75. The smallest absolute Gasteiger partial charge is 0.416 e. The maximum absolute atomic E-state index is 13.9. The summed E-state index contributed by atoms with van der Waals surface area (Å²) in [4.78, 5) is -0.388. The van der Waals surface area contributed by atoms with Crippen molar-refractivity contribution >= 4 is 20.0 Å². The van der Waals surface area contributed by atoms with Gasteiger partial charge in [0, 0.05) is 38.3 Å². The van der Waals surface area contributed by atoms with Crippen LogP contribution in [0.25, 0.3) is 11.1 Å². The highest BCUT2D eigenvalue weighted by Gasteiger charge is 2.45. The molecule has 3 aromatic rings. The Bertz CT molecular complexity index is 1800. The number of nitrogens with zero attached hydrogens (tertiary/aromatic N) is 1. The molecule has 48 heavy (non-hydrogen) atoms. The van der Waals surface area contributed by atoms with Crippen LogP contribution in [0.2, 0.25) is 0 Å². The second-order valence-electron chi connectivity index (χ2n) is 12.0. The molecule has 0 bridgehead atoms. The number of rotatable bonds is 12. The summed E-state index contributed by atoms with van der Waals surface area (Å²) >= 11 is 0. The Morgan fingerprint density at radius 1 is 1.02 bits per heavy atom. The third-order valence-corrected chi connectivity index (χ3v) is 12.0. The highest BCUT2D eigenvalue weighted by molar-refractivity contribution is 7.89. The van der Waals surface area contributed by atoms with Crippen LogP contribution in [-0.4, -0.2) is 83.9 Å². The van der Waals surface area contributed by atoms with Crippen molar-refractivity contribution in [2.45, 2.75) is 59.5 Å². The maximum Gasteiger partial charge on any atom is 0.416 e. The number of sulfonamides is 2. The van der Waals surface area contributed by atoms with Gasteiger partial charge in [0.15, 0.2) is 0 Å². The average Bonchev–Trinajstić information content (AvgIpc) is 3.47. The SMILES string of the molecule is CNS(=O)(=O)c1cccc(OCC(O)CNC2COC3(CCN(S(=O)(=O)c4cc(-c5ccc(CN)cc5)cc(C(F)(F)F)c4)CC3)C2)c1. The molecule has 0 radical (unpaired) electrons. The number of nitrogens with two attached hydrogens (primary N) is 1. The van der Waals surface area contributed by atoms with Crippen LogP contribution >= 0.6 is 0 Å². The molecular weight excluding hydrogens is 674 g/mol. The molecule has 0 amide bonds. The van der Waals surface area contributed by atoms with Crippen LogP contribution in [0, 0.1) is 0 Å². The molecule has 0 aromatic heterocycles. The van der Waals surface area contributed by atoms with Gasteiger partial charge in [-0.2, -0.15) is 17.5 Å². The number of piperidine rings is 1. The van der Waals surface area contributed by atoms with Crippen LogP contribution < -0.4 is 20.5 Å². The van der Waals surface area contributed by atoms with Gasteiger partial charge in [-0.05, 0) is 73.3 Å². The van der Waals surface area contributed by atoms with Crippen LogP contribution in [0.4, 0.5) is 13.2 Å². The van der Waals surface area contributed by atoms with Crippen molar-refractivity contribution in [3.8, 4) is 16.9 Å². The number of ether oxygens (including phenoxy) is 2. The highest BCUT2D eigenvalue weighted by Crippen LogP contribution is 2.39. The molecule has 0 aliphatic carbocycles. The van der Waals surface area contributed by atoms with Crippen LogP contribution in [0.15, 0.2) is 76.5 Å². The van der Waals surface area contributed by atoms with Crippen molar-refractivity contribution in [3.63, 3.8) is 0 Å². The summed E-state index contributed by atoms with van der Waals surface area (Å²) in [5.41, 5.74) is 5.35. The van der Waals surface area contributed by atoms with E-state index in [9.17, 15) is 35.1 Å². The molecule has 2 fully saturated rings. The van der Waals surface area contributed by atoms with Gasteiger partial charge in [-0.3, -0.25) is 0 Å². The van der Waals surface area contributed by atoms with Gasteiger partial charge in [0.2, 0.25) is 20.0 Å². The minimum absolute atomic E-state index is 0.0378. The second kappa shape index (κ2) is 14.4. The van der Waals surface area contributed by atoms with Crippen molar-refractivity contribution in [1.82, 2.24) is 14.3 Å². The lowest BCUT2D eigenvalue weighted by Gasteiger charge is -2.38. The molecule has 0 saturated carbocycles. The van der Waals surface area contributed by atoms with Crippen LogP contribution in [0.3, 0.4) is 0 Å². The number of hydrogen-bond acceptors (Lipinski definition) is 9. The van der Waals surface area contributed by atoms with Crippen molar-refractivity contribution in [2.75, 3.05) is 39.9 Å². The first kappa shape index (κ1) is 36.2. The van der Waals surface area contributed by atoms with E-state index < -0.39 is 48.4 Å². The van der Waals surface area contributed by atoms with Gasteiger partial charge < -0.3 is 25.6 Å². The average molecular weight is 713 g/mol. The quantitative estimate of drug-likeness (QED) is 0.221. The predicted octanol–water partition coefficient (Wildman–Crippen LogP) is 3.08. The molecule has 2 atom stereocenters. The molecule has 2 unspecified atom stereocenters. The van der Waals surface area contributed by atoms with E-state index in [0.29, 0.717) is 37.5 Å². The highest BCUT2D eigenvalue weighted by atomic mass is 32.2. The van der Waals surface area contributed by atoms with Gasteiger partial charge in [-0.1, -0.05) is 30.3 Å². The zero-order valence-corrected chi connectivity index (χ0v) is 27.9. The van der Waals surface area contributed by atoms with E-state index in [-0.39, 0.29) is 55.0 Å². The van der Waals surface area contributed by atoms with E-state index in [2.05, 4.69) is 10.0 Å². The summed E-state index contributed by atoms with van der Waals surface area (Å²) in [5.74, 6) is 0.290. The van der Waals surface area contributed by atoms with Gasteiger partial charge in [0.1, 0.15) is 18.5 Å². The second-order valence-corrected chi connectivity index (χ2v) is 15.8. The van der Waals surface area contributed by atoms with Crippen LogP contribution in [0.5, 0.6) is 5.75 Å². The molecule has 2 aliphatic rings. The fourth-order valence-corrected chi connectivity index (χ4v) is 8.20. The van der Waals surface area contributed by atoms with Crippen molar-refractivity contribution in [1.29, 1.82) is 0 Å². The lowest BCUT2D eigenvalue weighted by molar-refractivity contribution is -0.137. The van der Waals surface area contributed by atoms with E-state index in [0.717, 1.165) is 11.6 Å². The lowest BCUT2D eigenvalue weighted by Crippen LogP contribution is -2.47. The summed E-state index contributed by atoms with van der Waals surface area (Å²) < 4.78 is 108. The molecule has 1 spiro atoms. The number of hydrogen-bond donors (Lipinski definition) is 4. The minimum Gasteiger partial charge on any atom is -0.491 e. The van der Waals surface area contributed by atoms with Crippen molar-refractivity contribution in [3.05, 3.63) is 77.9 Å². The van der Waals surface area contributed by atoms with E-state index in [1.54, 1.807) is 30.3 Å². The summed E-state index contributed by atoms with van der Waals surface area (Å²) in [6.45, 7) is 0.837. The number of benzene rings is 3. The first-order chi connectivity index (χ1) is 22.6. The van der Waals surface area contributed by atoms with Crippen molar-refractivity contribution in [2.24, 2.45) is 5.73 Å². The first-order valence-electron chi connectivity index (χ1n) is 15.4. The summed E-state index contributed by atoms with van der Waals surface area (Å²) in [6.07, 6.45) is -4.38. The Balaban J connectivity index is 1.17. The Morgan fingerprint density at radius 3 is 2.38 bits per heavy atom. The van der Waals surface area contributed by atoms with Crippen LogP contribution in [-0.2, 0) is 37.5 Å². The monoisotopic (exact) mass is 712 g/mol. The summed E-state index contributed by atoms with van der Waals surface area (Å²) in [5, 5.41) is 13.7. The maximum atomic E-state index is 13.9. The van der Waals surface area contributed by atoms with Crippen LogP contribution in [0.1, 0.15) is 30.4 Å². The summed E-state index contributed by atoms with van der Waals surface area (Å²) in [6, 6.07) is 15.3. The van der Waals surface area contributed by atoms with E-state index in [1.807, 2.05) is 0 Å². The molecule has 16 heteroatoms. The Kier molecular flexibility index (Phi) is 10.9. The molecule has 3 aromatic carbocycles. The lowest BCUT2D eigenvalue weighted by atomic mass is 9.88. The number of aliphatic hydroxyl groups excluding tert-OH is 1. The number of nitrogens with one attached hydrogen (secondary N) is 2. The zero-order valence-electron chi connectivity index (χ0n) is 26.2. The van der Waals surface area contributed by atoms with Gasteiger partial charge in [0.05, 0.1) is 27.6 Å². The Morgan fingerprint density at radius 2 is 1.73 bits per heavy atom. The van der Waals surface area contributed by atoms with E-state index in [4.69, 9.17) is 15.2 Å². The first-order valence-corrected chi connectivity index (χ1v) is 18.3. The molecule has 2 heterocycles. The number of alkyl halides is 3. The molecule has 2 aliphatic heterocycles. The topological polar surface area (TPSA) is 160 Å². The molecule has 5 N–H and O–H groups in total. The van der Waals surface area contributed by atoms with Gasteiger partial charge in [-0.25, -0.2) is 21.6 Å². The molecule has 11 nitrogen and oxygen atoms in total. The fraction of sp³-hybridized carbons (Fsp3) is 0.438. The Hall–Kier alpha value is -3.09. The normalized spacial score (nSPS) is 19.4. The third kappa shape index (κ3) is 8.37. The molecular formula is C32H39F3N4O7S2. The Labute approximate surface area is 278 Å². The molecule has 262 valence electrons. The number of aliphatic hydroxyl groups is 1. The van der Waals surface area contributed by atoms with Crippen molar-refractivity contribution < 1.29 is 44.6 Å². The predicted molar refractivity (Wildman–Crippen MR) is 172 cm³/mol. The zero-order chi connectivity index (χ0) is 34.7. The largest absolute Gasteiger partial charge is 0.491 e. The number of halogens is 3. The van der Waals surface area contributed by atoms with E-state index >= 15 is 0 Å². The van der Waals surface area contributed by atoms with Gasteiger partial charge >= 0.3 is 6.18 Å². The third-order valence-electron chi connectivity index (χ3n) is 8.71. The van der Waals surface area contributed by atoms with Gasteiger partial charge in [0.25, 0.3) is 0 Å². The van der Waals surface area contributed by atoms with E-state index in [1.165, 1.54) is 35.6 Å². The fourth-order valence-electron chi connectivity index (χ4n) is 5.92. The standard InChI is InChI=1S/C32H39F3N4O7S2/c1-37-47(41,42)29-4-2-3-28(16-29)45-21-27(40)19-38-26-17-31(46-20-26)9-11-39(12-10-31)48(43,44)30-14-24(13-25(15-30)32(33,34)35)23-7-5-22(18-36)6-8-23/h2-8,13-16,26-27,37-38,40H,9-12,17-21,36H2,1H3. The molecule has 5 rings (SSSR count). The molecule has 2 saturated heterocycles. The summed E-state index contributed by atoms with van der Waals surface area (Å²) in [7, 11) is -6.59. The van der Waals surface area contributed by atoms with Gasteiger partial charge in [-0.15, -0.1) is 0 Å².